The Morgan fingerprint density at radius 2 is 2.12 bits per heavy atom. The van der Waals surface area contributed by atoms with E-state index in [0.29, 0.717) is 12.2 Å². The molecular weight excluding hydrogens is 244 g/mol. The summed E-state index contributed by atoms with van der Waals surface area (Å²) in [7, 11) is -1.55. The Morgan fingerprint density at radius 1 is 1.47 bits per heavy atom. The number of nitrogens with one attached hydrogen (secondary N) is 1. The zero-order valence-electron chi connectivity index (χ0n) is 10.1. The Morgan fingerprint density at radius 3 is 2.59 bits per heavy atom. The van der Waals surface area contributed by atoms with Gasteiger partial charge in [-0.3, -0.25) is 9.89 Å². The quantitative estimate of drug-likeness (QED) is 0.768. The number of H-pyrrole nitrogens is 1. The van der Waals surface area contributed by atoms with Gasteiger partial charge < -0.3 is 4.90 Å². The van der Waals surface area contributed by atoms with Crippen LogP contribution in [0.4, 0.5) is 0 Å². The molecule has 1 heterocycles. The lowest BCUT2D eigenvalue weighted by atomic mass is 10.4. The monoisotopic (exact) mass is 260 g/mol. The van der Waals surface area contributed by atoms with Crippen LogP contribution < -0.4 is 0 Å². The van der Waals surface area contributed by atoms with E-state index < -0.39 is 9.84 Å². The molecule has 0 saturated carbocycles. The summed E-state index contributed by atoms with van der Waals surface area (Å²) in [6, 6.07) is 0. The van der Waals surface area contributed by atoms with E-state index in [1.807, 2.05) is 6.92 Å². The van der Waals surface area contributed by atoms with Gasteiger partial charge in [0, 0.05) is 26.3 Å². The van der Waals surface area contributed by atoms with Crippen molar-refractivity contribution in [3.05, 3.63) is 11.6 Å². The van der Waals surface area contributed by atoms with Crippen LogP contribution >= 0.6 is 0 Å². The second kappa shape index (κ2) is 5.26. The van der Waals surface area contributed by atoms with Crippen molar-refractivity contribution in [2.45, 2.75) is 13.3 Å². The minimum atomic E-state index is -3.08. The molecule has 0 aliphatic carbocycles. The number of nitrogens with zero attached hydrogens (tertiary/aromatic N) is 3. The van der Waals surface area contributed by atoms with Gasteiger partial charge in [-0.15, -0.1) is 5.10 Å². The van der Waals surface area contributed by atoms with Gasteiger partial charge in [-0.05, 0) is 0 Å². The molecule has 0 unspecified atom stereocenters. The molecule has 0 aliphatic rings. The zero-order chi connectivity index (χ0) is 13.1. The summed E-state index contributed by atoms with van der Waals surface area (Å²) in [5, 5.41) is 6.41. The fourth-order valence-electron chi connectivity index (χ4n) is 1.12. The molecule has 1 amide bonds. The fraction of sp³-hybridized carbons (Fsp3) is 0.667. The Balaban J connectivity index is 2.63. The van der Waals surface area contributed by atoms with Crippen molar-refractivity contribution in [1.82, 2.24) is 20.1 Å². The summed E-state index contributed by atoms with van der Waals surface area (Å²) in [6.45, 7) is 2.02. The molecule has 8 heteroatoms. The van der Waals surface area contributed by atoms with Crippen LogP contribution in [0.15, 0.2) is 0 Å². The Labute approximate surface area is 100 Å². The summed E-state index contributed by atoms with van der Waals surface area (Å²) in [5.74, 6) is 0.243. The normalized spacial score (nSPS) is 11.5. The minimum absolute atomic E-state index is 0.0675. The van der Waals surface area contributed by atoms with Gasteiger partial charge in [0.05, 0.1) is 5.75 Å². The maximum absolute atomic E-state index is 11.8. The molecule has 0 fully saturated rings. The van der Waals surface area contributed by atoms with Crippen LogP contribution in [0.1, 0.15) is 23.4 Å². The first-order valence-electron chi connectivity index (χ1n) is 5.18. The highest BCUT2D eigenvalue weighted by Gasteiger charge is 2.17. The molecule has 0 aliphatic heterocycles. The van der Waals surface area contributed by atoms with Crippen molar-refractivity contribution in [3.8, 4) is 0 Å². The molecule has 96 valence electrons. The molecule has 0 atom stereocenters. The maximum Gasteiger partial charge on any atom is 0.293 e. The standard InChI is InChI=1S/C9H16N4O3S/c1-4-7-10-8(12-11-7)9(14)13(2)5-6-17(3,15)16/h4-6H2,1-3H3,(H,10,11,12). The van der Waals surface area contributed by atoms with Gasteiger partial charge in [0.1, 0.15) is 15.7 Å². The third-order valence-corrected chi connectivity index (χ3v) is 3.13. The SMILES string of the molecule is CCc1nc(C(=O)N(C)CCS(C)(=O)=O)n[nH]1. The lowest BCUT2D eigenvalue weighted by Crippen LogP contribution is -2.32. The van der Waals surface area contributed by atoms with E-state index in [0.717, 1.165) is 6.26 Å². The molecule has 0 spiro atoms. The largest absolute Gasteiger partial charge is 0.338 e. The first-order chi connectivity index (χ1) is 7.83. The highest BCUT2D eigenvalue weighted by molar-refractivity contribution is 7.90. The van der Waals surface area contributed by atoms with Crippen LogP contribution in [0.3, 0.4) is 0 Å². The summed E-state index contributed by atoms with van der Waals surface area (Å²) < 4.78 is 21.9. The lowest BCUT2D eigenvalue weighted by molar-refractivity contribution is 0.0792. The summed E-state index contributed by atoms with van der Waals surface area (Å²) in [4.78, 5) is 17.1. The zero-order valence-corrected chi connectivity index (χ0v) is 10.9. The van der Waals surface area contributed by atoms with Gasteiger partial charge in [-0.1, -0.05) is 6.92 Å². The van der Waals surface area contributed by atoms with Crippen molar-refractivity contribution >= 4 is 15.7 Å². The van der Waals surface area contributed by atoms with Gasteiger partial charge in [0.15, 0.2) is 0 Å². The first kappa shape index (κ1) is 13.6. The fourth-order valence-corrected chi connectivity index (χ4v) is 1.73. The van der Waals surface area contributed by atoms with Crippen LogP contribution in [-0.4, -0.2) is 60.0 Å². The minimum Gasteiger partial charge on any atom is -0.338 e. The van der Waals surface area contributed by atoms with Gasteiger partial charge in [0.2, 0.25) is 5.82 Å². The predicted molar refractivity (Wildman–Crippen MR) is 62.4 cm³/mol. The van der Waals surface area contributed by atoms with Gasteiger partial charge in [-0.25, -0.2) is 13.4 Å². The average molecular weight is 260 g/mol. The van der Waals surface area contributed by atoms with E-state index in [4.69, 9.17) is 0 Å². The molecular formula is C9H16N4O3S. The molecule has 7 nitrogen and oxygen atoms in total. The van der Waals surface area contributed by atoms with E-state index >= 15 is 0 Å². The predicted octanol–water partition coefficient (Wildman–Crippen LogP) is -0.516. The molecule has 0 aromatic carbocycles. The number of amides is 1. The highest BCUT2D eigenvalue weighted by atomic mass is 32.2. The Hall–Kier alpha value is -1.44. The second-order valence-electron chi connectivity index (χ2n) is 3.82. The number of carbonyl (C=O) groups excluding carboxylic acids is 1. The summed E-state index contributed by atoms with van der Waals surface area (Å²) >= 11 is 0. The molecule has 1 aromatic heterocycles. The highest BCUT2D eigenvalue weighted by Crippen LogP contribution is 1.99. The summed E-state index contributed by atoms with van der Waals surface area (Å²) in [6.07, 6.45) is 1.79. The second-order valence-corrected chi connectivity index (χ2v) is 6.08. The van der Waals surface area contributed by atoms with Crippen LogP contribution in [0, 0.1) is 0 Å². The molecule has 1 aromatic rings. The number of hydrogen-bond donors (Lipinski definition) is 1. The Bertz CT molecular complexity index is 494. The van der Waals surface area contributed by atoms with Crippen molar-refractivity contribution in [2.24, 2.45) is 0 Å². The van der Waals surface area contributed by atoms with Crippen LogP contribution in [0.5, 0.6) is 0 Å². The topological polar surface area (TPSA) is 96.0 Å². The van der Waals surface area contributed by atoms with Crippen LogP contribution in [-0.2, 0) is 16.3 Å². The van der Waals surface area contributed by atoms with Gasteiger partial charge >= 0.3 is 0 Å². The number of aromatic amines is 1. The molecule has 1 N–H and O–H groups in total. The van der Waals surface area contributed by atoms with Crippen molar-refractivity contribution in [3.63, 3.8) is 0 Å². The van der Waals surface area contributed by atoms with Crippen molar-refractivity contribution in [2.75, 3.05) is 25.6 Å². The third kappa shape index (κ3) is 4.14. The third-order valence-electron chi connectivity index (χ3n) is 2.20. The number of sulfone groups is 1. The molecule has 0 bridgehead atoms. The van der Waals surface area contributed by atoms with Crippen molar-refractivity contribution < 1.29 is 13.2 Å². The van der Waals surface area contributed by atoms with Crippen LogP contribution in [0.2, 0.25) is 0 Å². The number of rotatable bonds is 5. The molecule has 0 radical (unpaired) electrons. The average Bonchev–Trinajstić information content (AvgIpc) is 2.72. The Kier molecular flexibility index (Phi) is 4.22. The number of aryl methyl sites for hydroxylation is 1. The van der Waals surface area contributed by atoms with E-state index in [1.54, 1.807) is 0 Å². The van der Waals surface area contributed by atoms with Crippen molar-refractivity contribution in [1.29, 1.82) is 0 Å². The van der Waals surface area contributed by atoms with Crippen LogP contribution in [0.25, 0.3) is 0 Å². The van der Waals surface area contributed by atoms with E-state index in [9.17, 15) is 13.2 Å². The van der Waals surface area contributed by atoms with E-state index in [1.165, 1.54) is 11.9 Å². The number of hydrogen-bond acceptors (Lipinski definition) is 5. The van der Waals surface area contributed by atoms with E-state index in [2.05, 4.69) is 15.2 Å². The molecule has 0 saturated heterocycles. The lowest BCUT2D eigenvalue weighted by Gasteiger charge is -2.13. The first-order valence-corrected chi connectivity index (χ1v) is 7.24. The maximum atomic E-state index is 11.8. The summed E-state index contributed by atoms with van der Waals surface area (Å²) in [5.41, 5.74) is 0. The number of aromatic nitrogens is 3. The van der Waals surface area contributed by atoms with Gasteiger partial charge in [0.25, 0.3) is 5.91 Å². The smallest absolute Gasteiger partial charge is 0.293 e. The van der Waals surface area contributed by atoms with Gasteiger partial charge in [-0.2, -0.15) is 0 Å². The molecule has 17 heavy (non-hydrogen) atoms. The number of carbonyl (C=O) groups is 1. The van der Waals surface area contributed by atoms with E-state index in [-0.39, 0.29) is 24.0 Å². The molecule has 1 rings (SSSR count).